The van der Waals surface area contributed by atoms with E-state index in [9.17, 15) is 10.2 Å². The molecule has 0 amide bonds. The zero-order chi connectivity index (χ0) is 28.8. The highest BCUT2D eigenvalue weighted by atomic mass is 32.2. The van der Waals surface area contributed by atoms with E-state index in [2.05, 4.69) is 56.5 Å². The molecule has 3 N–H and O–H groups in total. The number of aliphatic hydroxyl groups excluding tert-OH is 2. The quantitative estimate of drug-likeness (QED) is 0.0538. The fourth-order valence-electron chi connectivity index (χ4n) is 5.39. The normalized spacial score (nSPS) is 14.9. The Balaban J connectivity index is 4.37. The summed E-state index contributed by atoms with van der Waals surface area (Å²) in [6.07, 6.45) is 31.2. The van der Waals surface area contributed by atoms with Crippen LogP contribution >= 0.6 is 23.5 Å². The molecule has 3 nitrogen and oxygen atoms in total. The maximum Gasteiger partial charge on any atom is 0.0540 e. The molecular formula is C34H71NO2S2. The first-order valence-corrected chi connectivity index (χ1v) is 19.3. The first-order chi connectivity index (χ1) is 19.1. The number of unbranched alkanes of at least 4 members (excludes halogenated alkanes) is 16. The van der Waals surface area contributed by atoms with E-state index in [1.807, 2.05) is 0 Å². The van der Waals surface area contributed by atoms with E-state index < -0.39 is 0 Å². The summed E-state index contributed by atoms with van der Waals surface area (Å²) >= 11 is 4.15. The third-order valence-electron chi connectivity index (χ3n) is 7.99. The number of nitrogens with one attached hydrogen (secondary N) is 1. The molecule has 0 rings (SSSR count). The number of hydrogen-bond donors (Lipinski definition) is 3. The average Bonchev–Trinajstić information content (AvgIpc) is 2.94. The number of hydrogen-bond acceptors (Lipinski definition) is 5. The fourth-order valence-corrected chi connectivity index (χ4v) is 8.37. The van der Waals surface area contributed by atoms with Gasteiger partial charge in [0.25, 0.3) is 0 Å². The second-order valence-corrected chi connectivity index (χ2v) is 14.8. The molecule has 236 valence electrons. The van der Waals surface area contributed by atoms with Crippen molar-refractivity contribution in [3.8, 4) is 0 Å². The number of rotatable bonds is 32. The predicted molar refractivity (Wildman–Crippen MR) is 181 cm³/mol. The van der Waals surface area contributed by atoms with Gasteiger partial charge >= 0.3 is 0 Å². The van der Waals surface area contributed by atoms with E-state index in [-0.39, 0.29) is 0 Å². The minimum atomic E-state index is 0.300. The van der Waals surface area contributed by atoms with Crippen molar-refractivity contribution in [1.82, 2.24) is 5.32 Å². The van der Waals surface area contributed by atoms with Crippen molar-refractivity contribution in [3.63, 3.8) is 0 Å². The van der Waals surface area contributed by atoms with Crippen molar-refractivity contribution >= 4 is 23.5 Å². The molecule has 4 unspecified atom stereocenters. The average molecular weight is 590 g/mol. The van der Waals surface area contributed by atoms with Crippen LogP contribution in [0.25, 0.3) is 0 Å². The molecular weight excluding hydrogens is 519 g/mol. The Morgan fingerprint density at radius 1 is 0.436 bits per heavy atom. The lowest BCUT2D eigenvalue weighted by Gasteiger charge is -2.29. The summed E-state index contributed by atoms with van der Waals surface area (Å²) in [5.74, 6) is 0. The Morgan fingerprint density at radius 2 is 0.744 bits per heavy atom. The maximum absolute atomic E-state index is 9.70. The molecule has 0 aromatic carbocycles. The van der Waals surface area contributed by atoms with Crippen LogP contribution in [0.4, 0.5) is 0 Å². The summed E-state index contributed by atoms with van der Waals surface area (Å²) in [6, 6.07) is 0. The molecule has 0 heterocycles. The van der Waals surface area contributed by atoms with Crippen molar-refractivity contribution in [3.05, 3.63) is 0 Å². The first kappa shape index (κ1) is 39.6. The molecule has 39 heavy (non-hydrogen) atoms. The molecule has 5 heteroatoms. The predicted octanol–water partition coefficient (Wildman–Crippen LogP) is 10.9. The van der Waals surface area contributed by atoms with E-state index in [0.717, 1.165) is 25.7 Å². The van der Waals surface area contributed by atoms with Crippen LogP contribution in [0.3, 0.4) is 0 Å². The highest BCUT2D eigenvalue weighted by Crippen LogP contribution is 2.31. The number of thioether (sulfide) groups is 2. The van der Waals surface area contributed by atoms with Gasteiger partial charge in [0.1, 0.15) is 0 Å². The van der Waals surface area contributed by atoms with Crippen molar-refractivity contribution in [2.24, 2.45) is 0 Å². The van der Waals surface area contributed by atoms with E-state index in [1.54, 1.807) is 0 Å². The minimum Gasteiger partial charge on any atom is -0.396 e. The van der Waals surface area contributed by atoms with Crippen molar-refractivity contribution in [2.45, 2.75) is 203 Å². The van der Waals surface area contributed by atoms with Crippen LogP contribution in [-0.2, 0) is 0 Å². The number of aliphatic hydroxyl groups is 2. The molecule has 0 radical (unpaired) electrons. The van der Waals surface area contributed by atoms with Gasteiger partial charge in [-0.15, -0.1) is 23.5 Å². The molecule has 0 fully saturated rings. The molecule has 0 saturated heterocycles. The summed E-state index contributed by atoms with van der Waals surface area (Å²) in [7, 11) is 0. The Hall–Kier alpha value is 0.580. The van der Waals surface area contributed by atoms with Gasteiger partial charge < -0.3 is 10.2 Å². The Morgan fingerprint density at radius 3 is 1.03 bits per heavy atom. The highest BCUT2D eigenvalue weighted by Gasteiger charge is 2.21. The standard InChI is InChI=1S/C34H71NO2S2/c1-5-9-11-13-15-17-19-21-23-25-31(27-29-36)38-33(7-3)35-34(8-4)39-32(28-30-37)26-24-22-20-18-16-14-12-10-6-2/h31-37H,5-30H2,1-4H3. The lowest BCUT2D eigenvalue weighted by atomic mass is 10.1. The second-order valence-electron chi connectivity index (χ2n) is 11.7. The highest BCUT2D eigenvalue weighted by molar-refractivity contribution is 8.01. The van der Waals surface area contributed by atoms with Gasteiger partial charge in [-0.05, 0) is 38.5 Å². The van der Waals surface area contributed by atoms with Crippen molar-refractivity contribution in [1.29, 1.82) is 0 Å². The zero-order valence-corrected chi connectivity index (χ0v) is 28.5. The van der Waals surface area contributed by atoms with Crippen molar-refractivity contribution < 1.29 is 10.2 Å². The van der Waals surface area contributed by atoms with Gasteiger partial charge in [-0.25, -0.2) is 0 Å². The van der Waals surface area contributed by atoms with Crippen LogP contribution < -0.4 is 5.32 Å². The van der Waals surface area contributed by atoms with Gasteiger partial charge in [0, 0.05) is 23.7 Å². The zero-order valence-electron chi connectivity index (χ0n) is 26.9. The van der Waals surface area contributed by atoms with E-state index in [1.165, 1.54) is 128 Å². The smallest absolute Gasteiger partial charge is 0.0540 e. The van der Waals surface area contributed by atoms with Gasteiger partial charge in [0.15, 0.2) is 0 Å². The van der Waals surface area contributed by atoms with E-state index in [4.69, 9.17) is 0 Å². The molecule has 0 aliphatic carbocycles. The first-order valence-electron chi connectivity index (χ1n) is 17.4. The third kappa shape index (κ3) is 26.0. The van der Waals surface area contributed by atoms with Crippen molar-refractivity contribution in [2.75, 3.05) is 13.2 Å². The molecule has 0 aliphatic rings. The third-order valence-corrected chi connectivity index (χ3v) is 11.3. The van der Waals surface area contributed by atoms with Gasteiger partial charge in [0.05, 0.1) is 10.7 Å². The fraction of sp³-hybridized carbons (Fsp3) is 1.00. The summed E-state index contributed by atoms with van der Waals surface area (Å²) in [5, 5.41) is 25.3. The molecule has 0 aliphatic heterocycles. The van der Waals surface area contributed by atoms with E-state index >= 15 is 0 Å². The Labute approximate surface area is 254 Å². The van der Waals surface area contributed by atoms with Crippen LogP contribution in [0.1, 0.15) is 182 Å². The Kier molecular flexibility index (Phi) is 32.0. The minimum absolute atomic E-state index is 0.300. The monoisotopic (exact) mass is 589 g/mol. The van der Waals surface area contributed by atoms with E-state index in [0.29, 0.717) is 34.5 Å². The lowest BCUT2D eigenvalue weighted by Crippen LogP contribution is -2.36. The second kappa shape index (κ2) is 31.5. The topological polar surface area (TPSA) is 52.5 Å². The van der Waals surface area contributed by atoms with Gasteiger partial charge in [-0.1, -0.05) is 143 Å². The Bertz CT molecular complexity index is 428. The molecule has 4 atom stereocenters. The molecule has 0 spiro atoms. The molecule has 0 saturated carbocycles. The van der Waals surface area contributed by atoms with Crippen LogP contribution in [-0.4, -0.2) is 44.7 Å². The summed E-state index contributed by atoms with van der Waals surface area (Å²) in [4.78, 5) is 0. The molecule has 0 bridgehead atoms. The van der Waals surface area contributed by atoms with Gasteiger partial charge in [-0.2, -0.15) is 0 Å². The van der Waals surface area contributed by atoms with Crippen LogP contribution in [0.2, 0.25) is 0 Å². The van der Waals surface area contributed by atoms with Gasteiger partial charge in [0.2, 0.25) is 0 Å². The van der Waals surface area contributed by atoms with Crippen LogP contribution in [0.5, 0.6) is 0 Å². The largest absolute Gasteiger partial charge is 0.396 e. The lowest BCUT2D eigenvalue weighted by molar-refractivity contribution is 0.284. The van der Waals surface area contributed by atoms with Crippen LogP contribution in [0, 0.1) is 0 Å². The molecule has 0 aromatic rings. The SMILES string of the molecule is CCCCCCCCCCCC(CCO)SC(CC)NC(CC)SC(CCO)CCCCCCCCCCC. The summed E-state index contributed by atoms with van der Waals surface area (Å²) in [5.41, 5.74) is 0. The van der Waals surface area contributed by atoms with Gasteiger partial charge in [-0.3, -0.25) is 5.32 Å². The van der Waals surface area contributed by atoms with Crippen LogP contribution in [0.15, 0.2) is 0 Å². The summed E-state index contributed by atoms with van der Waals surface area (Å²) in [6.45, 7) is 9.76. The summed E-state index contributed by atoms with van der Waals surface area (Å²) < 4.78 is 0. The molecule has 0 aromatic heterocycles. The maximum atomic E-state index is 9.70.